The molecule has 10 heteroatoms. The Hall–Kier alpha value is -1.28. The monoisotopic (exact) mass is 367 g/mol. The van der Waals surface area contributed by atoms with Gasteiger partial charge in [-0.05, 0) is 0 Å². The molecule has 22 heavy (non-hydrogen) atoms. The van der Waals surface area contributed by atoms with Crippen molar-refractivity contribution in [1.29, 1.82) is 0 Å². The second kappa shape index (κ2) is 7.32. The molecular formula is C12H12Cl3N3O4. The first kappa shape index (κ1) is 17.1. The highest BCUT2D eigenvalue weighted by Gasteiger charge is 2.23. The predicted molar refractivity (Wildman–Crippen MR) is 81.4 cm³/mol. The third-order valence-corrected chi connectivity index (χ3v) is 4.09. The van der Waals surface area contributed by atoms with Crippen LogP contribution in [0.3, 0.4) is 0 Å². The Morgan fingerprint density at radius 3 is 2.50 bits per heavy atom. The number of nitrogens with two attached hydrogens (primary N) is 1. The van der Waals surface area contributed by atoms with Crippen LogP contribution in [0.1, 0.15) is 10.5 Å². The first-order valence-electron chi connectivity index (χ1n) is 6.24. The number of nitrogens with zero attached hydrogens (tertiary/aromatic N) is 2. The third kappa shape index (κ3) is 3.73. The fraction of sp³-hybridized carbons (Fsp3) is 0.417. The molecule has 120 valence electrons. The number of rotatable bonds is 3. The molecule has 0 saturated carbocycles. The smallest absolute Gasteiger partial charge is 0.359 e. The molecule has 2 N–H and O–H groups in total. The summed E-state index contributed by atoms with van der Waals surface area (Å²) in [4.78, 5) is 29.1. The first-order chi connectivity index (χ1) is 10.4. The van der Waals surface area contributed by atoms with Crippen LogP contribution in [-0.2, 0) is 14.3 Å². The number of pyridine rings is 1. The van der Waals surface area contributed by atoms with Gasteiger partial charge in [0.1, 0.15) is 5.02 Å². The molecule has 1 aliphatic rings. The molecule has 0 radical (unpaired) electrons. The van der Waals surface area contributed by atoms with Crippen molar-refractivity contribution in [1.82, 2.24) is 9.88 Å². The van der Waals surface area contributed by atoms with Crippen LogP contribution in [0.2, 0.25) is 15.2 Å². The molecule has 1 aliphatic heterocycles. The lowest BCUT2D eigenvalue weighted by Crippen LogP contribution is -2.42. The fourth-order valence-corrected chi connectivity index (χ4v) is 2.35. The SMILES string of the molecule is Nc1c(Cl)c(Cl)nc(C(=O)OCC(=O)N2CCOCC2)c1Cl. The van der Waals surface area contributed by atoms with Gasteiger partial charge in [0.05, 0.1) is 23.9 Å². The summed E-state index contributed by atoms with van der Waals surface area (Å²) >= 11 is 17.4. The Bertz CT molecular complexity index is 606. The molecule has 0 atom stereocenters. The molecule has 1 amide bonds. The lowest BCUT2D eigenvalue weighted by Gasteiger charge is -2.26. The summed E-state index contributed by atoms with van der Waals surface area (Å²) < 4.78 is 10.0. The van der Waals surface area contributed by atoms with Gasteiger partial charge in [0.15, 0.2) is 17.5 Å². The molecule has 2 rings (SSSR count). The highest BCUT2D eigenvalue weighted by molar-refractivity contribution is 6.46. The highest BCUT2D eigenvalue weighted by Crippen LogP contribution is 2.34. The molecule has 1 aromatic heterocycles. The van der Waals surface area contributed by atoms with E-state index < -0.39 is 12.6 Å². The van der Waals surface area contributed by atoms with Crippen LogP contribution in [0.25, 0.3) is 0 Å². The standard InChI is InChI=1S/C12H12Cl3N3O4/c13-7-9(16)8(14)11(15)17-10(7)12(20)22-5-6(19)18-1-3-21-4-2-18/h1-5H2,(H2,16,17). The van der Waals surface area contributed by atoms with Crippen LogP contribution in [0.15, 0.2) is 0 Å². The van der Waals surface area contributed by atoms with Crippen LogP contribution >= 0.6 is 34.8 Å². The van der Waals surface area contributed by atoms with E-state index in [2.05, 4.69) is 4.98 Å². The fourth-order valence-electron chi connectivity index (χ4n) is 1.77. The lowest BCUT2D eigenvalue weighted by atomic mass is 10.3. The highest BCUT2D eigenvalue weighted by atomic mass is 35.5. The van der Waals surface area contributed by atoms with E-state index in [0.717, 1.165) is 0 Å². The number of hydrogen-bond donors (Lipinski definition) is 1. The number of nitrogen functional groups attached to an aromatic ring is 1. The van der Waals surface area contributed by atoms with E-state index in [0.29, 0.717) is 26.3 Å². The van der Waals surface area contributed by atoms with E-state index in [4.69, 9.17) is 50.0 Å². The van der Waals surface area contributed by atoms with Crippen LogP contribution < -0.4 is 5.73 Å². The summed E-state index contributed by atoms with van der Waals surface area (Å²) in [5.74, 6) is -1.24. The number of esters is 1. The number of ether oxygens (including phenoxy) is 2. The minimum Gasteiger partial charge on any atom is -0.451 e. The molecule has 1 saturated heterocycles. The quantitative estimate of drug-likeness (QED) is 0.644. The van der Waals surface area contributed by atoms with E-state index in [1.54, 1.807) is 0 Å². The summed E-state index contributed by atoms with van der Waals surface area (Å²) in [5, 5.41) is -0.388. The van der Waals surface area contributed by atoms with Crippen molar-refractivity contribution in [2.24, 2.45) is 0 Å². The molecule has 1 aromatic rings. The first-order valence-corrected chi connectivity index (χ1v) is 7.37. The Labute approximate surface area is 141 Å². The maximum atomic E-state index is 11.9. The summed E-state index contributed by atoms with van der Waals surface area (Å²) in [5.41, 5.74) is 5.25. The topological polar surface area (TPSA) is 94.8 Å². The number of amides is 1. The van der Waals surface area contributed by atoms with Crippen LogP contribution in [0.5, 0.6) is 0 Å². The maximum Gasteiger partial charge on any atom is 0.359 e. The van der Waals surface area contributed by atoms with E-state index in [9.17, 15) is 9.59 Å². The summed E-state index contributed by atoms with van der Waals surface area (Å²) in [6.07, 6.45) is 0. The van der Waals surface area contributed by atoms with Gasteiger partial charge in [-0.3, -0.25) is 4.79 Å². The average molecular weight is 369 g/mol. The Morgan fingerprint density at radius 1 is 1.23 bits per heavy atom. The van der Waals surface area contributed by atoms with Crippen LogP contribution in [-0.4, -0.2) is 54.7 Å². The zero-order valence-electron chi connectivity index (χ0n) is 11.3. The number of anilines is 1. The van der Waals surface area contributed by atoms with Crippen molar-refractivity contribution < 1.29 is 19.1 Å². The zero-order valence-corrected chi connectivity index (χ0v) is 13.5. The summed E-state index contributed by atoms with van der Waals surface area (Å²) in [6.45, 7) is 1.38. The van der Waals surface area contributed by atoms with Gasteiger partial charge < -0.3 is 20.1 Å². The molecule has 1 fully saturated rings. The molecule has 0 bridgehead atoms. The van der Waals surface area contributed by atoms with Crippen molar-refractivity contribution in [3.05, 3.63) is 20.9 Å². The minimum atomic E-state index is -0.906. The van der Waals surface area contributed by atoms with Gasteiger partial charge in [0, 0.05) is 13.1 Å². The van der Waals surface area contributed by atoms with Gasteiger partial charge in [0.2, 0.25) is 0 Å². The van der Waals surface area contributed by atoms with Crippen molar-refractivity contribution >= 4 is 52.4 Å². The Morgan fingerprint density at radius 2 is 1.86 bits per heavy atom. The lowest BCUT2D eigenvalue weighted by molar-refractivity contribution is -0.138. The van der Waals surface area contributed by atoms with E-state index >= 15 is 0 Å². The third-order valence-electron chi connectivity index (χ3n) is 2.96. The average Bonchev–Trinajstić information content (AvgIpc) is 2.54. The normalized spacial score (nSPS) is 14.8. The van der Waals surface area contributed by atoms with Crippen molar-refractivity contribution in [2.75, 3.05) is 38.6 Å². The van der Waals surface area contributed by atoms with Crippen LogP contribution in [0, 0.1) is 0 Å². The molecule has 0 aromatic carbocycles. The molecular weight excluding hydrogens is 357 g/mol. The van der Waals surface area contributed by atoms with Gasteiger partial charge >= 0.3 is 5.97 Å². The molecule has 7 nitrogen and oxygen atoms in total. The van der Waals surface area contributed by atoms with E-state index in [1.165, 1.54) is 4.90 Å². The van der Waals surface area contributed by atoms with E-state index in [-0.39, 0.29) is 32.5 Å². The van der Waals surface area contributed by atoms with E-state index in [1.807, 2.05) is 0 Å². The Balaban J connectivity index is 2.02. The number of halogens is 3. The van der Waals surface area contributed by atoms with Gasteiger partial charge in [-0.2, -0.15) is 0 Å². The van der Waals surface area contributed by atoms with Crippen molar-refractivity contribution in [3.8, 4) is 0 Å². The van der Waals surface area contributed by atoms with Crippen molar-refractivity contribution in [2.45, 2.75) is 0 Å². The second-order valence-electron chi connectivity index (χ2n) is 4.36. The largest absolute Gasteiger partial charge is 0.451 e. The van der Waals surface area contributed by atoms with Gasteiger partial charge in [-0.25, -0.2) is 9.78 Å². The molecule has 0 aliphatic carbocycles. The number of carbonyl (C=O) groups excluding carboxylic acids is 2. The predicted octanol–water partition coefficient (Wildman–Crippen LogP) is 1.64. The number of hydrogen-bond acceptors (Lipinski definition) is 6. The summed E-state index contributed by atoms with van der Waals surface area (Å²) in [7, 11) is 0. The number of carbonyl (C=O) groups is 2. The van der Waals surface area contributed by atoms with Gasteiger partial charge in [-0.1, -0.05) is 34.8 Å². The van der Waals surface area contributed by atoms with Crippen LogP contribution in [0.4, 0.5) is 5.69 Å². The maximum absolute atomic E-state index is 11.9. The van der Waals surface area contributed by atoms with Gasteiger partial charge in [0.25, 0.3) is 5.91 Å². The Kier molecular flexibility index (Phi) is 5.69. The number of aromatic nitrogens is 1. The minimum absolute atomic E-state index is 0.0485. The molecule has 0 spiro atoms. The van der Waals surface area contributed by atoms with Gasteiger partial charge in [-0.15, -0.1) is 0 Å². The molecule has 2 heterocycles. The molecule has 0 unspecified atom stereocenters. The van der Waals surface area contributed by atoms with Crippen molar-refractivity contribution in [3.63, 3.8) is 0 Å². The summed E-state index contributed by atoms with van der Waals surface area (Å²) in [6, 6.07) is 0. The number of morpholine rings is 1. The zero-order chi connectivity index (χ0) is 16.3. The second-order valence-corrected chi connectivity index (χ2v) is 5.48.